The van der Waals surface area contributed by atoms with Gasteiger partial charge in [-0.3, -0.25) is 4.79 Å². The van der Waals surface area contributed by atoms with E-state index in [2.05, 4.69) is 46.2 Å². The molecule has 2 aromatic rings. The molecule has 1 amide bonds. The highest BCUT2D eigenvalue weighted by Gasteiger charge is 2.29. The minimum atomic E-state index is -0.0252. The predicted octanol–water partition coefficient (Wildman–Crippen LogP) is 2.41. The first-order chi connectivity index (χ1) is 11.3. The van der Waals surface area contributed by atoms with Crippen LogP contribution < -0.4 is 10.2 Å². The molecular formula is C17H23N5OS. The van der Waals surface area contributed by atoms with Crippen LogP contribution in [0.4, 0.5) is 5.82 Å². The second kappa shape index (κ2) is 6.47. The lowest BCUT2D eigenvalue weighted by molar-refractivity contribution is 0.0948. The lowest BCUT2D eigenvalue weighted by atomic mass is 9.92. The number of hydrogen-bond acceptors (Lipinski definition) is 6. The van der Waals surface area contributed by atoms with Gasteiger partial charge < -0.3 is 10.2 Å². The Balaban J connectivity index is 1.47. The van der Waals surface area contributed by atoms with Crippen LogP contribution in [0.15, 0.2) is 17.6 Å². The highest BCUT2D eigenvalue weighted by atomic mass is 32.1. The summed E-state index contributed by atoms with van der Waals surface area (Å²) in [5.74, 6) is 1.33. The molecule has 1 N–H and O–H groups in total. The second-order valence-corrected chi connectivity index (χ2v) is 8.13. The third-order valence-corrected chi connectivity index (χ3v) is 5.13. The van der Waals surface area contributed by atoms with Gasteiger partial charge in [-0.15, -0.1) is 16.4 Å². The van der Waals surface area contributed by atoms with Crippen molar-refractivity contribution in [1.82, 2.24) is 20.5 Å². The Morgan fingerprint density at radius 3 is 2.62 bits per heavy atom. The maximum atomic E-state index is 12.1. The molecule has 2 aromatic heterocycles. The number of nitrogens with zero attached hydrogens (tertiary/aromatic N) is 4. The van der Waals surface area contributed by atoms with Gasteiger partial charge in [0, 0.05) is 31.0 Å². The average Bonchev–Trinajstić information content (AvgIpc) is 2.91. The summed E-state index contributed by atoms with van der Waals surface area (Å²) in [6.07, 6.45) is 0. The molecule has 1 aliphatic heterocycles. The highest BCUT2D eigenvalue weighted by Crippen LogP contribution is 2.24. The molecule has 0 radical (unpaired) electrons. The molecule has 0 spiro atoms. The Bertz CT molecular complexity index is 713. The fourth-order valence-corrected chi connectivity index (χ4v) is 3.34. The predicted molar refractivity (Wildman–Crippen MR) is 95.6 cm³/mol. The van der Waals surface area contributed by atoms with Crippen molar-refractivity contribution < 1.29 is 4.79 Å². The topological polar surface area (TPSA) is 71.0 Å². The molecule has 7 heteroatoms. The Labute approximate surface area is 146 Å². The van der Waals surface area contributed by atoms with Crippen LogP contribution in [0.2, 0.25) is 0 Å². The zero-order chi connectivity index (χ0) is 17.3. The van der Waals surface area contributed by atoms with Gasteiger partial charge in [-0.1, -0.05) is 20.8 Å². The van der Waals surface area contributed by atoms with E-state index in [0.717, 1.165) is 30.3 Å². The van der Waals surface area contributed by atoms with E-state index in [0.29, 0.717) is 17.3 Å². The van der Waals surface area contributed by atoms with Crippen LogP contribution in [-0.4, -0.2) is 40.7 Å². The normalized spacial score (nSPS) is 15.2. The SMILES string of the molecule is Cc1ncsc1C(=O)NCC1CN(c2ccc(C(C)(C)C)nn2)C1. The van der Waals surface area contributed by atoms with E-state index < -0.39 is 0 Å². The summed E-state index contributed by atoms with van der Waals surface area (Å²) in [5, 5.41) is 11.7. The largest absolute Gasteiger partial charge is 0.354 e. The second-order valence-electron chi connectivity index (χ2n) is 7.27. The molecular weight excluding hydrogens is 322 g/mol. The van der Waals surface area contributed by atoms with E-state index in [9.17, 15) is 4.79 Å². The van der Waals surface area contributed by atoms with E-state index in [4.69, 9.17) is 0 Å². The molecule has 3 heterocycles. The molecule has 24 heavy (non-hydrogen) atoms. The Hall–Kier alpha value is -2.02. The number of carbonyl (C=O) groups is 1. The Kier molecular flexibility index (Phi) is 4.54. The number of aryl methyl sites for hydroxylation is 1. The summed E-state index contributed by atoms with van der Waals surface area (Å²) in [5.41, 5.74) is 3.51. The summed E-state index contributed by atoms with van der Waals surface area (Å²) in [4.78, 5) is 19.1. The van der Waals surface area contributed by atoms with Gasteiger partial charge in [0.15, 0.2) is 5.82 Å². The van der Waals surface area contributed by atoms with Crippen LogP contribution in [0.5, 0.6) is 0 Å². The van der Waals surface area contributed by atoms with Gasteiger partial charge in [0.2, 0.25) is 0 Å². The molecule has 0 atom stereocenters. The molecule has 0 bridgehead atoms. The Morgan fingerprint density at radius 2 is 2.08 bits per heavy atom. The van der Waals surface area contributed by atoms with Crippen molar-refractivity contribution >= 4 is 23.1 Å². The number of aromatic nitrogens is 3. The first-order valence-electron chi connectivity index (χ1n) is 8.12. The maximum Gasteiger partial charge on any atom is 0.263 e. The van der Waals surface area contributed by atoms with E-state index in [1.807, 2.05) is 19.1 Å². The third-order valence-electron chi connectivity index (χ3n) is 4.20. The summed E-state index contributed by atoms with van der Waals surface area (Å²) in [6, 6.07) is 4.08. The highest BCUT2D eigenvalue weighted by molar-refractivity contribution is 7.11. The summed E-state index contributed by atoms with van der Waals surface area (Å²) in [6.45, 7) is 10.7. The minimum Gasteiger partial charge on any atom is -0.354 e. The van der Waals surface area contributed by atoms with Gasteiger partial charge >= 0.3 is 0 Å². The van der Waals surface area contributed by atoms with E-state index in [1.165, 1.54) is 11.3 Å². The number of anilines is 1. The maximum absolute atomic E-state index is 12.1. The summed E-state index contributed by atoms with van der Waals surface area (Å²) < 4.78 is 0. The van der Waals surface area contributed by atoms with Crippen LogP contribution in [0, 0.1) is 12.8 Å². The van der Waals surface area contributed by atoms with Crippen LogP contribution in [0.25, 0.3) is 0 Å². The molecule has 0 unspecified atom stereocenters. The van der Waals surface area contributed by atoms with Crippen LogP contribution in [0.1, 0.15) is 41.8 Å². The molecule has 3 rings (SSSR count). The molecule has 1 saturated heterocycles. The minimum absolute atomic E-state index is 0.0159. The van der Waals surface area contributed by atoms with Crippen molar-refractivity contribution in [2.24, 2.45) is 5.92 Å². The molecule has 0 saturated carbocycles. The molecule has 128 valence electrons. The van der Waals surface area contributed by atoms with Crippen molar-refractivity contribution in [3.05, 3.63) is 33.9 Å². The van der Waals surface area contributed by atoms with Crippen molar-refractivity contribution in [2.45, 2.75) is 33.1 Å². The van der Waals surface area contributed by atoms with Gasteiger partial charge in [0.1, 0.15) is 4.88 Å². The average molecular weight is 345 g/mol. The first-order valence-corrected chi connectivity index (χ1v) is 9.00. The van der Waals surface area contributed by atoms with Gasteiger partial charge in [-0.25, -0.2) is 4.98 Å². The van der Waals surface area contributed by atoms with Crippen molar-refractivity contribution in [2.75, 3.05) is 24.5 Å². The Morgan fingerprint density at radius 1 is 1.33 bits per heavy atom. The zero-order valence-electron chi connectivity index (χ0n) is 14.5. The van der Waals surface area contributed by atoms with Gasteiger partial charge in [-0.05, 0) is 19.1 Å². The number of amides is 1. The number of nitrogens with one attached hydrogen (secondary N) is 1. The zero-order valence-corrected chi connectivity index (χ0v) is 15.4. The number of carbonyl (C=O) groups excluding carboxylic acids is 1. The first kappa shape index (κ1) is 16.8. The molecule has 6 nitrogen and oxygen atoms in total. The van der Waals surface area contributed by atoms with Crippen LogP contribution >= 0.6 is 11.3 Å². The number of rotatable bonds is 4. The standard InChI is InChI=1S/C17H23N5OS/c1-11-15(24-10-19-11)16(23)18-7-12-8-22(9-12)14-6-5-13(20-21-14)17(2,3)4/h5-6,10,12H,7-9H2,1-4H3,(H,18,23). The van der Waals surface area contributed by atoms with E-state index in [-0.39, 0.29) is 11.3 Å². The van der Waals surface area contributed by atoms with Crippen molar-refractivity contribution in [3.63, 3.8) is 0 Å². The van der Waals surface area contributed by atoms with E-state index >= 15 is 0 Å². The van der Waals surface area contributed by atoms with E-state index in [1.54, 1.807) is 5.51 Å². The van der Waals surface area contributed by atoms with Crippen LogP contribution in [-0.2, 0) is 5.41 Å². The fourth-order valence-electron chi connectivity index (χ4n) is 2.62. The number of thiazole rings is 1. The monoisotopic (exact) mass is 345 g/mol. The molecule has 1 fully saturated rings. The molecule has 0 aromatic carbocycles. The fraction of sp³-hybridized carbons (Fsp3) is 0.529. The van der Waals surface area contributed by atoms with Gasteiger partial charge in [0.25, 0.3) is 5.91 Å². The summed E-state index contributed by atoms with van der Waals surface area (Å²) in [7, 11) is 0. The smallest absolute Gasteiger partial charge is 0.263 e. The molecule has 1 aliphatic rings. The number of hydrogen-bond donors (Lipinski definition) is 1. The third kappa shape index (κ3) is 3.56. The lowest BCUT2D eigenvalue weighted by Gasteiger charge is -2.40. The van der Waals surface area contributed by atoms with Crippen molar-refractivity contribution in [1.29, 1.82) is 0 Å². The lowest BCUT2D eigenvalue weighted by Crippen LogP contribution is -2.52. The van der Waals surface area contributed by atoms with Crippen LogP contribution in [0.3, 0.4) is 0 Å². The van der Waals surface area contributed by atoms with Gasteiger partial charge in [-0.2, -0.15) is 5.10 Å². The van der Waals surface area contributed by atoms with Gasteiger partial charge in [0.05, 0.1) is 16.9 Å². The molecule has 0 aliphatic carbocycles. The van der Waals surface area contributed by atoms with Crippen molar-refractivity contribution in [3.8, 4) is 0 Å². The quantitative estimate of drug-likeness (QED) is 0.921. The summed E-state index contributed by atoms with van der Waals surface area (Å²) >= 11 is 1.38.